The molecular weight excluding hydrogens is 971 g/mol. The Kier molecular flexibility index (Phi) is 28.3. The summed E-state index contributed by atoms with van der Waals surface area (Å²) in [7, 11) is 11.1. The highest BCUT2D eigenvalue weighted by Crippen LogP contribution is 2.33. The Labute approximate surface area is 351 Å². The van der Waals surface area contributed by atoms with E-state index >= 15 is 0 Å². The number of likely N-dealkylation sites (N-methyl/N-ethyl adjacent to an activating group) is 3. The molecule has 4 aromatic carbocycles. The van der Waals surface area contributed by atoms with E-state index < -0.39 is 0 Å². The molecule has 4 rings (SSSR count). The van der Waals surface area contributed by atoms with Crippen LogP contribution in [-0.4, -0.2) is 68.6 Å². The first-order valence-corrected chi connectivity index (χ1v) is 20.9. The molecule has 0 radical (unpaired) electrons. The molecule has 0 saturated heterocycles. The van der Waals surface area contributed by atoms with Crippen molar-refractivity contribution < 1.29 is 9.47 Å². The highest BCUT2D eigenvalue weighted by atomic mass is 127. The van der Waals surface area contributed by atoms with Crippen LogP contribution in [0.4, 0.5) is 0 Å². The van der Waals surface area contributed by atoms with Crippen LogP contribution in [0.3, 0.4) is 0 Å². The van der Waals surface area contributed by atoms with Gasteiger partial charge in [-0.25, -0.2) is 0 Å². The van der Waals surface area contributed by atoms with Crippen molar-refractivity contribution in [1.82, 2.24) is 21.3 Å². The number of halogens is 5. The Morgan fingerprint density at radius 2 is 1.02 bits per heavy atom. The van der Waals surface area contributed by atoms with Gasteiger partial charge >= 0.3 is 0 Å². The number of methoxy groups -OCH3 is 2. The smallest absolute Gasteiger partial charge is 0.161 e. The minimum Gasteiger partial charge on any atom is -0.493 e. The maximum absolute atomic E-state index is 5.85. The summed E-state index contributed by atoms with van der Waals surface area (Å²) >= 11 is 18.8. The van der Waals surface area contributed by atoms with E-state index in [1.807, 2.05) is 58.5 Å². The van der Waals surface area contributed by atoms with Gasteiger partial charge < -0.3 is 30.7 Å². The monoisotopic (exact) mass is 1020 g/mol. The average Bonchev–Trinajstić information content (AvgIpc) is 3.14. The second-order valence-electron chi connectivity index (χ2n) is 11.3. The van der Waals surface area contributed by atoms with Gasteiger partial charge in [-0.05, 0) is 180 Å². The maximum atomic E-state index is 5.85. The lowest BCUT2D eigenvalue weighted by Crippen LogP contribution is -2.10. The Balaban J connectivity index is 0.000000342. The first-order chi connectivity index (χ1) is 24.6. The third kappa shape index (κ3) is 20.7. The molecule has 51 heavy (non-hydrogen) atoms. The maximum Gasteiger partial charge on any atom is 0.161 e. The topological polar surface area (TPSA) is 66.6 Å². The lowest BCUT2D eigenvalue weighted by molar-refractivity contribution is 0.354. The molecular formula is C40H55Br3ClIN4O2. The Hall–Kier alpha value is -1.22. The summed E-state index contributed by atoms with van der Waals surface area (Å²) in [5.74, 6) is 1.52. The summed E-state index contributed by atoms with van der Waals surface area (Å²) in [6, 6.07) is 26.7. The Bertz CT molecular complexity index is 1520. The van der Waals surface area contributed by atoms with E-state index in [0.29, 0.717) is 0 Å². The molecule has 0 atom stereocenters. The zero-order valence-electron chi connectivity index (χ0n) is 30.8. The summed E-state index contributed by atoms with van der Waals surface area (Å²) in [6.07, 6.45) is 6.75. The van der Waals surface area contributed by atoms with Gasteiger partial charge in [-0.1, -0.05) is 95.8 Å². The van der Waals surface area contributed by atoms with Crippen LogP contribution in [0, 0.1) is 3.57 Å². The summed E-state index contributed by atoms with van der Waals surface area (Å²) in [5, 5.41) is 13.3. The summed E-state index contributed by atoms with van der Waals surface area (Å²) in [6.45, 7) is 4.08. The molecule has 0 unspecified atom stereocenters. The molecule has 282 valence electrons. The SMILES string of the molecule is CNCCCCc1ccccc1Br.CNCCc1cc(Cl)ccc1Br.CNCCc1cc(OC)c(OC)cc1Br.CNCCc1ccccc1I. The predicted octanol–water partition coefficient (Wildman–Crippen LogP) is 10.1. The van der Waals surface area contributed by atoms with E-state index in [4.69, 9.17) is 21.1 Å². The van der Waals surface area contributed by atoms with Gasteiger partial charge in [0.15, 0.2) is 11.5 Å². The molecule has 4 aromatic rings. The van der Waals surface area contributed by atoms with Crippen LogP contribution >= 0.6 is 82.0 Å². The van der Waals surface area contributed by atoms with E-state index in [1.165, 1.54) is 49.6 Å². The van der Waals surface area contributed by atoms with Crippen LogP contribution in [0.5, 0.6) is 11.5 Å². The fraction of sp³-hybridized carbons (Fsp3) is 0.400. The van der Waals surface area contributed by atoms with Crippen LogP contribution in [0.15, 0.2) is 92.3 Å². The van der Waals surface area contributed by atoms with Gasteiger partial charge in [0, 0.05) is 22.0 Å². The second-order valence-corrected chi connectivity index (χ2v) is 15.5. The highest BCUT2D eigenvalue weighted by molar-refractivity contribution is 14.1. The van der Waals surface area contributed by atoms with Gasteiger partial charge in [-0.15, -0.1) is 0 Å². The van der Waals surface area contributed by atoms with Gasteiger partial charge in [-0.3, -0.25) is 0 Å². The van der Waals surface area contributed by atoms with Crippen LogP contribution in [0.1, 0.15) is 35.1 Å². The first-order valence-electron chi connectivity index (χ1n) is 17.0. The van der Waals surface area contributed by atoms with E-state index in [0.717, 1.165) is 70.9 Å². The minimum atomic E-state index is 0.748. The average molecular weight is 1030 g/mol. The summed E-state index contributed by atoms with van der Waals surface area (Å²) in [4.78, 5) is 0. The van der Waals surface area contributed by atoms with Crippen molar-refractivity contribution in [3.05, 3.63) is 123 Å². The quantitative estimate of drug-likeness (QED) is 0.0663. The van der Waals surface area contributed by atoms with Crippen LogP contribution in [0.2, 0.25) is 5.02 Å². The number of nitrogens with one attached hydrogen (secondary N) is 4. The zero-order valence-corrected chi connectivity index (χ0v) is 38.5. The lowest BCUT2D eigenvalue weighted by Gasteiger charge is -2.11. The molecule has 0 aliphatic rings. The van der Waals surface area contributed by atoms with Crippen LogP contribution in [0.25, 0.3) is 0 Å². The lowest BCUT2D eigenvalue weighted by atomic mass is 10.1. The molecule has 0 aliphatic carbocycles. The Morgan fingerprint density at radius 1 is 0.529 bits per heavy atom. The molecule has 0 saturated carbocycles. The van der Waals surface area contributed by atoms with E-state index in [1.54, 1.807) is 14.2 Å². The van der Waals surface area contributed by atoms with Crippen LogP contribution in [-0.2, 0) is 25.7 Å². The van der Waals surface area contributed by atoms with Gasteiger partial charge in [0.25, 0.3) is 0 Å². The number of rotatable bonds is 16. The van der Waals surface area contributed by atoms with E-state index in [-0.39, 0.29) is 0 Å². The third-order valence-corrected chi connectivity index (χ3v) is 11.1. The van der Waals surface area contributed by atoms with Crippen LogP contribution < -0.4 is 30.7 Å². The van der Waals surface area contributed by atoms with E-state index in [9.17, 15) is 0 Å². The van der Waals surface area contributed by atoms with Crippen molar-refractivity contribution in [2.24, 2.45) is 0 Å². The van der Waals surface area contributed by atoms with Gasteiger partial charge in [0.05, 0.1) is 14.2 Å². The largest absolute Gasteiger partial charge is 0.493 e. The molecule has 0 fully saturated rings. The third-order valence-electron chi connectivity index (χ3n) is 7.53. The van der Waals surface area contributed by atoms with Crippen molar-refractivity contribution >= 4 is 82.0 Å². The van der Waals surface area contributed by atoms with Gasteiger partial charge in [-0.2, -0.15) is 0 Å². The number of unbranched alkanes of at least 4 members (excludes halogenated alkanes) is 1. The molecule has 0 amide bonds. The van der Waals surface area contributed by atoms with Crippen molar-refractivity contribution in [1.29, 1.82) is 0 Å². The van der Waals surface area contributed by atoms with Crippen molar-refractivity contribution in [3.63, 3.8) is 0 Å². The van der Waals surface area contributed by atoms with Crippen molar-refractivity contribution in [2.45, 2.75) is 38.5 Å². The number of hydrogen-bond donors (Lipinski definition) is 4. The number of benzene rings is 4. The first kappa shape index (κ1) is 47.8. The molecule has 0 heterocycles. The van der Waals surface area contributed by atoms with Crippen molar-refractivity contribution in [3.8, 4) is 11.5 Å². The number of aryl methyl sites for hydroxylation is 1. The fourth-order valence-electron chi connectivity index (χ4n) is 4.62. The number of hydrogen-bond acceptors (Lipinski definition) is 6. The Morgan fingerprint density at radius 3 is 1.57 bits per heavy atom. The van der Waals surface area contributed by atoms with Gasteiger partial charge in [0.1, 0.15) is 0 Å². The summed E-state index contributed by atoms with van der Waals surface area (Å²) < 4.78 is 15.2. The molecule has 11 heteroatoms. The fourth-order valence-corrected chi connectivity index (χ4v) is 6.92. The summed E-state index contributed by atoms with van der Waals surface area (Å²) in [5.41, 5.74) is 5.31. The molecule has 0 bridgehead atoms. The molecule has 0 spiro atoms. The predicted molar refractivity (Wildman–Crippen MR) is 239 cm³/mol. The molecule has 4 N–H and O–H groups in total. The zero-order chi connectivity index (χ0) is 37.9. The second kappa shape index (κ2) is 30.1. The van der Waals surface area contributed by atoms with Gasteiger partial charge in [0.2, 0.25) is 0 Å². The minimum absolute atomic E-state index is 0.748. The molecule has 0 aromatic heterocycles. The van der Waals surface area contributed by atoms with Crippen molar-refractivity contribution in [2.75, 3.05) is 68.6 Å². The molecule has 6 nitrogen and oxygen atoms in total. The molecule has 0 aliphatic heterocycles. The normalized spacial score (nSPS) is 10.2. The highest BCUT2D eigenvalue weighted by Gasteiger charge is 2.09. The number of ether oxygens (including phenoxy) is 2. The van der Waals surface area contributed by atoms with E-state index in [2.05, 4.69) is 140 Å². The standard InChI is InChI=1S/C11H16BrNO2.C11H16BrN.C9H11BrClN.C9H12IN/c1-13-5-4-8-6-10(14-2)11(15-3)7-9(8)12;1-13-9-5-4-7-10-6-2-3-8-11(10)12;1-12-5-4-7-6-8(11)2-3-9(7)10;1-11-7-6-8-4-2-3-5-9(8)10/h6-7,13H,4-5H2,1-3H3;2-3,6,8,13H,4-5,7,9H2,1H3;2-3,6,12H,4-5H2,1H3;2-5,11H,6-7H2,1H3.